The Bertz CT molecular complexity index is 1880. The molecule has 0 heteroatoms. The van der Waals surface area contributed by atoms with E-state index >= 15 is 0 Å². The van der Waals surface area contributed by atoms with Gasteiger partial charge in [0.05, 0.1) is 0 Å². The lowest BCUT2D eigenvalue weighted by Gasteiger charge is -2.11. The molecule has 0 radical (unpaired) electrons. The topological polar surface area (TPSA) is 0 Å². The van der Waals surface area contributed by atoms with E-state index in [1.165, 1.54) is 142 Å². The van der Waals surface area contributed by atoms with Gasteiger partial charge in [0.2, 0.25) is 0 Å². The molecule has 3 aromatic rings. The lowest BCUT2D eigenvalue weighted by molar-refractivity contribution is 0.608. The normalized spacial score (nSPS) is 12.0. The minimum Gasteiger partial charge on any atom is -0.0654 e. The number of hydrogen-bond donors (Lipinski definition) is 0. The van der Waals surface area contributed by atoms with Crippen LogP contribution in [0.5, 0.6) is 0 Å². The predicted molar refractivity (Wildman–Crippen MR) is 204 cm³/mol. The van der Waals surface area contributed by atoms with Gasteiger partial charge in [0.1, 0.15) is 0 Å². The first-order chi connectivity index (χ1) is 22.8. The molecular formula is C46H50. The fourth-order valence-electron chi connectivity index (χ4n) is 8.36. The van der Waals surface area contributed by atoms with E-state index in [0.29, 0.717) is 0 Å². The fraction of sp³-hybridized carbons (Fsp3) is 0.348. The van der Waals surface area contributed by atoms with Crippen LogP contribution in [0, 0.1) is 0 Å². The summed E-state index contributed by atoms with van der Waals surface area (Å²) in [5, 5.41) is 11.4. The highest BCUT2D eigenvalue weighted by Gasteiger charge is 2.22. The van der Waals surface area contributed by atoms with Crippen molar-refractivity contribution in [1.82, 2.24) is 0 Å². The highest BCUT2D eigenvalue weighted by molar-refractivity contribution is 6.27. The Hall–Kier alpha value is -3.90. The van der Waals surface area contributed by atoms with Crippen molar-refractivity contribution >= 4 is 43.1 Å². The van der Waals surface area contributed by atoms with Crippen molar-refractivity contribution in [2.45, 2.75) is 104 Å². The van der Waals surface area contributed by atoms with Crippen molar-refractivity contribution in [1.29, 1.82) is 0 Å². The first-order valence-electron chi connectivity index (χ1n) is 18.4. The summed E-state index contributed by atoms with van der Waals surface area (Å²) in [4.78, 5) is 0. The smallest absolute Gasteiger partial charge is 0.00607 e. The lowest BCUT2D eigenvalue weighted by Crippen LogP contribution is -1.89. The number of rotatable bonds is 14. The molecule has 7 rings (SSSR count). The zero-order valence-electron chi connectivity index (χ0n) is 28.1. The van der Waals surface area contributed by atoms with Gasteiger partial charge >= 0.3 is 0 Å². The fourth-order valence-corrected chi connectivity index (χ4v) is 8.36. The first kappa shape index (κ1) is 30.7. The summed E-state index contributed by atoms with van der Waals surface area (Å²) >= 11 is 0. The number of aryl methyl sites for hydroxylation is 2. The second-order valence-electron chi connectivity index (χ2n) is 13.7. The summed E-state index contributed by atoms with van der Waals surface area (Å²) in [5.41, 5.74) is 8.78. The summed E-state index contributed by atoms with van der Waals surface area (Å²) < 4.78 is 0. The van der Waals surface area contributed by atoms with Crippen LogP contribution in [-0.4, -0.2) is 0 Å². The van der Waals surface area contributed by atoms with E-state index in [1.807, 2.05) is 0 Å². The van der Waals surface area contributed by atoms with Gasteiger partial charge < -0.3 is 0 Å². The molecule has 0 saturated carbocycles. The maximum absolute atomic E-state index is 2.47. The van der Waals surface area contributed by atoms with Crippen LogP contribution in [0.3, 0.4) is 0 Å². The molecule has 0 aliphatic heterocycles. The van der Waals surface area contributed by atoms with Crippen LogP contribution in [0.4, 0.5) is 0 Å². The monoisotopic (exact) mass is 602 g/mol. The van der Waals surface area contributed by atoms with Crippen LogP contribution < -0.4 is 0 Å². The molecule has 0 bridgehead atoms. The molecule has 0 atom stereocenters. The number of benzene rings is 3. The van der Waals surface area contributed by atoms with Crippen LogP contribution >= 0.6 is 0 Å². The second-order valence-corrected chi connectivity index (χ2v) is 13.7. The Labute approximate surface area is 276 Å². The quantitative estimate of drug-likeness (QED) is 0.0858. The summed E-state index contributed by atoms with van der Waals surface area (Å²) in [6.45, 7) is 4.61. The summed E-state index contributed by atoms with van der Waals surface area (Å²) in [5.74, 6) is 0. The molecule has 0 amide bonds. The van der Waals surface area contributed by atoms with Crippen molar-refractivity contribution in [3.05, 3.63) is 108 Å². The molecule has 0 N–H and O–H groups in total. The first-order valence-corrected chi connectivity index (χ1v) is 18.4. The molecule has 0 nitrogen and oxygen atoms in total. The van der Waals surface area contributed by atoms with Gasteiger partial charge in [-0.05, 0) is 102 Å². The van der Waals surface area contributed by atoms with Gasteiger partial charge in [-0.25, -0.2) is 0 Å². The summed E-state index contributed by atoms with van der Waals surface area (Å²) in [6.07, 6.45) is 18.3. The summed E-state index contributed by atoms with van der Waals surface area (Å²) in [6, 6.07) is 37.2. The van der Waals surface area contributed by atoms with Gasteiger partial charge in [0.15, 0.2) is 0 Å². The third-order valence-corrected chi connectivity index (χ3v) is 10.7. The SMILES string of the molecule is CCCCCCCCc1c2cccccc-2c2ccc3c4ccc5c6cccccc-6c(CCCCCCCC)c5c4ccc3c12. The molecule has 0 saturated heterocycles. The maximum atomic E-state index is 2.47. The number of fused-ring (bicyclic) bond motifs is 11. The van der Waals surface area contributed by atoms with E-state index in [9.17, 15) is 0 Å². The Kier molecular flexibility index (Phi) is 9.52. The molecule has 0 spiro atoms. The molecule has 0 unspecified atom stereocenters. The van der Waals surface area contributed by atoms with Crippen molar-refractivity contribution < 1.29 is 0 Å². The largest absolute Gasteiger partial charge is 0.0654 e. The predicted octanol–water partition coefficient (Wildman–Crippen LogP) is 14.3. The second kappa shape index (κ2) is 14.3. The Morgan fingerprint density at radius 2 is 0.652 bits per heavy atom. The van der Waals surface area contributed by atoms with E-state index in [-0.39, 0.29) is 0 Å². The van der Waals surface area contributed by atoms with Crippen molar-refractivity contribution in [2.75, 3.05) is 0 Å². The van der Waals surface area contributed by atoms with Crippen LogP contribution in [0.15, 0.2) is 97.1 Å². The van der Waals surface area contributed by atoms with Crippen molar-refractivity contribution in [2.24, 2.45) is 0 Å². The standard InChI is InChI=1S/C46H50/c1-3-5-7-9-11-15-25-39-33-21-17-13-19-23-35(33)41-29-27-37-38-28-30-42-36-24-20-14-18-22-34(36)40(26-16-12-10-8-6-4-2)46(42)44(38)32-31-43(37)45(39)41/h13-14,17-24,27-32H,3-12,15-16,25-26H2,1-2H3. The highest BCUT2D eigenvalue weighted by atomic mass is 14.3. The lowest BCUT2D eigenvalue weighted by atomic mass is 9.93. The highest BCUT2D eigenvalue weighted by Crippen LogP contribution is 2.47. The van der Waals surface area contributed by atoms with E-state index < -0.39 is 0 Å². The van der Waals surface area contributed by atoms with Crippen molar-refractivity contribution in [3.8, 4) is 22.3 Å². The summed E-state index contributed by atoms with van der Waals surface area (Å²) in [7, 11) is 0. The van der Waals surface area contributed by atoms with E-state index in [4.69, 9.17) is 0 Å². The zero-order chi connectivity index (χ0) is 31.3. The average Bonchev–Trinajstić information content (AvgIpc) is 3.28. The van der Waals surface area contributed by atoms with Gasteiger partial charge in [0, 0.05) is 0 Å². The molecule has 0 aromatic heterocycles. The third kappa shape index (κ3) is 5.77. The van der Waals surface area contributed by atoms with Gasteiger partial charge in [-0.15, -0.1) is 0 Å². The van der Waals surface area contributed by atoms with Gasteiger partial charge in [-0.2, -0.15) is 0 Å². The third-order valence-electron chi connectivity index (χ3n) is 10.7. The maximum Gasteiger partial charge on any atom is -0.00607 e. The Morgan fingerprint density at radius 1 is 0.304 bits per heavy atom. The van der Waals surface area contributed by atoms with Gasteiger partial charge in [-0.3, -0.25) is 0 Å². The molecular weight excluding hydrogens is 553 g/mol. The van der Waals surface area contributed by atoms with E-state index in [1.54, 1.807) is 11.1 Å². The minimum absolute atomic E-state index is 1.15. The number of unbranched alkanes of at least 4 members (excludes halogenated alkanes) is 10. The Balaban J connectivity index is 1.38. The van der Waals surface area contributed by atoms with Crippen LogP contribution in [0.2, 0.25) is 0 Å². The van der Waals surface area contributed by atoms with Crippen molar-refractivity contribution in [3.63, 3.8) is 0 Å². The molecule has 234 valence electrons. The zero-order valence-corrected chi connectivity index (χ0v) is 28.1. The molecule has 0 fully saturated rings. The van der Waals surface area contributed by atoms with E-state index in [0.717, 1.165) is 12.8 Å². The van der Waals surface area contributed by atoms with Gasteiger partial charge in [0.25, 0.3) is 0 Å². The molecule has 0 heterocycles. The van der Waals surface area contributed by atoms with E-state index in [2.05, 4.69) is 111 Å². The Morgan fingerprint density at radius 3 is 1.09 bits per heavy atom. The van der Waals surface area contributed by atoms with Crippen LogP contribution in [0.25, 0.3) is 65.3 Å². The molecule has 4 aliphatic rings. The van der Waals surface area contributed by atoms with Crippen LogP contribution in [0.1, 0.15) is 102 Å². The minimum atomic E-state index is 1.15. The average molecular weight is 603 g/mol. The molecule has 3 aromatic carbocycles. The molecule has 46 heavy (non-hydrogen) atoms. The molecule has 4 aliphatic carbocycles. The van der Waals surface area contributed by atoms with Crippen LogP contribution in [-0.2, 0) is 12.8 Å². The van der Waals surface area contributed by atoms with Gasteiger partial charge in [-0.1, -0.05) is 175 Å². The number of hydrogen-bond acceptors (Lipinski definition) is 0.